The van der Waals surface area contributed by atoms with E-state index >= 15 is 0 Å². The van der Waals surface area contributed by atoms with Crippen LogP contribution in [-0.2, 0) is 6.42 Å². The van der Waals surface area contributed by atoms with E-state index in [-0.39, 0.29) is 5.91 Å². The van der Waals surface area contributed by atoms with Crippen LogP contribution in [0.4, 0.5) is 11.4 Å². The van der Waals surface area contributed by atoms with Gasteiger partial charge in [0.15, 0.2) is 0 Å². The summed E-state index contributed by atoms with van der Waals surface area (Å²) in [5.74, 6) is 0.0502. The molecule has 1 aromatic heterocycles. The first-order valence-electron chi connectivity index (χ1n) is 9.92. The lowest BCUT2D eigenvalue weighted by molar-refractivity contribution is 0.0985. The smallest absolute Gasteiger partial charge is 0.259 e. The van der Waals surface area contributed by atoms with Crippen LogP contribution in [0.25, 0.3) is 0 Å². The average Bonchev–Trinajstić information content (AvgIpc) is 2.96. The third kappa shape index (κ3) is 3.74. The van der Waals surface area contributed by atoms with Crippen molar-refractivity contribution >= 4 is 17.3 Å². The number of aryl methyl sites for hydroxylation is 1. The van der Waals surface area contributed by atoms with E-state index < -0.39 is 0 Å². The third-order valence-electron chi connectivity index (χ3n) is 5.57. The molecular weight excluding hydrogens is 322 g/mol. The number of para-hydroxylation sites is 1. The van der Waals surface area contributed by atoms with Gasteiger partial charge >= 0.3 is 0 Å². The van der Waals surface area contributed by atoms with Crippen LogP contribution in [-0.4, -0.2) is 23.5 Å². The maximum absolute atomic E-state index is 13.1. The molecule has 0 bridgehead atoms. The predicted octanol–water partition coefficient (Wildman–Crippen LogP) is 4.81. The minimum Gasteiger partial charge on any atom is -0.381 e. The molecule has 1 aromatic carbocycles. The van der Waals surface area contributed by atoms with Crippen molar-refractivity contribution in [3.05, 3.63) is 53.9 Å². The molecule has 2 aromatic rings. The number of carbonyl (C=O) groups is 1. The Morgan fingerprint density at radius 2 is 1.85 bits per heavy atom. The number of hydrogen-bond acceptors (Lipinski definition) is 3. The second kappa shape index (κ2) is 7.90. The van der Waals surface area contributed by atoms with E-state index in [0.29, 0.717) is 11.6 Å². The number of benzene rings is 1. The molecule has 1 N–H and O–H groups in total. The fourth-order valence-electron chi connectivity index (χ4n) is 4.20. The lowest BCUT2D eigenvalue weighted by atomic mass is 10.0. The molecule has 0 saturated heterocycles. The van der Waals surface area contributed by atoms with Crippen molar-refractivity contribution in [2.24, 2.45) is 0 Å². The Balaban J connectivity index is 1.52. The highest BCUT2D eigenvalue weighted by molar-refractivity contribution is 6.07. The summed E-state index contributed by atoms with van der Waals surface area (Å²) in [6.07, 6.45) is 13.2. The first kappa shape index (κ1) is 17.1. The van der Waals surface area contributed by atoms with Crippen LogP contribution >= 0.6 is 0 Å². The Morgan fingerprint density at radius 1 is 1.04 bits per heavy atom. The van der Waals surface area contributed by atoms with Crippen LogP contribution in [0, 0.1) is 0 Å². The van der Waals surface area contributed by atoms with E-state index in [1.807, 2.05) is 35.4 Å². The largest absolute Gasteiger partial charge is 0.381 e. The quantitative estimate of drug-likeness (QED) is 0.809. The summed E-state index contributed by atoms with van der Waals surface area (Å²) in [7, 11) is 0. The van der Waals surface area contributed by atoms with Crippen molar-refractivity contribution in [3.8, 4) is 0 Å². The van der Waals surface area contributed by atoms with Crippen molar-refractivity contribution < 1.29 is 4.79 Å². The van der Waals surface area contributed by atoms with E-state index in [1.54, 1.807) is 6.20 Å². The molecule has 2 aliphatic rings. The molecule has 4 rings (SSSR count). The van der Waals surface area contributed by atoms with E-state index in [9.17, 15) is 4.79 Å². The van der Waals surface area contributed by atoms with Gasteiger partial charge in [-0.25, -0.2) is 0 Å². The number of fused-ring (bicyclic) bond motifs is 1. The molecule has 0 atom stereocenters. The Morgan fingerprint density at radius 3 is 2.69 bits per heavy atom. The van der Waals surface area contributed by atoms with Gasteiger partial charge in [0.05, 0.1) is 11.3 Å². The summed E-state index contributed by atoms with van der Waals surface area (Å²) in [6.45, 7) is 0.774. The van der Waals surface area contributed by atoms with Crippen molar-refractivity contribution in [1.29, 1.82) is 0 Å². The lowest BCUT2D eigenvalue weighted by Crippen LogP contribution is -2.35. The second-order valence-corrected chi connectivity index (χ2v) is 7.48. The van der Waals surface area contributed by atoms with Crippen LogP contribution in [0.2, 0.25) is 0 Å². The van der Waals surface area contributed by atoms with Crippen LogP contribution in [0.3, 0.4) is 0 Å². The van der Waals surface area contributed by atoms with Gasteiger partial charge in [-0.3, -0.25) is 9.78 Å². The third-order valence-corrected chi connectivity index (χ3v) is 5.57. The molecule has 2 heterocycles. The van der Waals surface area contributed by atoms with Gasteiger partial charge in [0.1, 0.15) is 0 Å². The van der Waals surface area contributed by atoms with Gasteiger partial charge in [-0.15, -0.1) is 0 Å². The topological polar surface area (TPSA) is 45.2 Å². The molecule has 1 amide bonds. The van der Waals surface area contributed by atoms with E-state index in [4.69, 9.17) is 0 Å². The highest BCUT2D eigenvalue weighted by Crippen LogP contribution is 2.28. The monoisotopic (exact) mass is 349 g/mol. The first-order chi connectivity index (χ1) is 12.8. The molecule has 4 nitrogen and oxygen atoms in total. The van der Waals surface area contributed by atoms with Gasteiger partial charge in [-0.05, 0) is 43.4 Å². The van der Waals surface area contributed by atoms with Gasteiger partial charge < -0.3 is 10.2 Å². The highest BCUT2D eigenvalue weighted by Gasteiger charge is 2.23. The summed E-state index contributed by atoms with van der Waals surface area (Å²) in [5, 5.41) is 3.60. The molecule has 0 unspecified atom stereocenters. The SMILES string of the molecule is O=C(c1cncc(NC2CCCCCC2)c1)N1CCCc2ccccc21. The molecule has 1 aliphatic heterocycles. The summed E-state index contributed by atoms with van der Waals surface area (Å²) in [4.78, 5) is 19.4. The molecular formula is C22H27N3O. The van der Waals surface area contributed by atoms with Crippen molar-refractivity contribution in [1.82, 2.24) is 4.98 Å². The first-order valence-corrected chi connectivity index (χ1v) is 9.92. The van der Waals surface area contributed by atoms with Gasteiger partial charge in [0.2, 0.25) is 0 Å². The number of hydrogen-bond donors (Lipinski definition) is 1. The minimum atomic E-state index is 0.0502. The fraction of sp³-hybridized carbons (Fsp3) is 0.455. The zero-order valence-electron chi connectivity index (χ0n) is 15.3. The minimum absolute atomic E-state index is 0.0502. The number of nitrogens with zero attached hydrogens (tertiary/aromatic N) is 2. The molecule has 1 aliphatic carbocycles. The molecule has 0 radical (unpaired) electrons. The fourth-order valence-corrected chi connectivity index (χ4v) is 4.20. The standard InChI is InChI=1S/C22H27N3O/c26-22(25-13-7-9-17-8-5-6-12-21(17)25)18-14-20(16-23-15-18)24-19-10-3-1-2-4-11-19/h5-6,8,12,14-16,19,24H,1-4,7,9-11,13H2. The number of aromatic nitrogens is 1. The number of rotatable bonds is 3. The van der Waals surface area contributed by atoms with Gasteiger partial charge in [-0.1, -0.05) is 43.9 Å². The summed E-state index contributed by atoms with van der Waals surface area (Å²) >= 11 is 0. The van der Waals surface area contributed by atoms with Gasteiger partial charge in [0, 0.05) is 30.7 Å². The van der Waals surface area contributed by atoms with Crippen LogP contribution < -0.4 is 10.2 Å². The number of carbonyl (C=O) groups excluding carboxylic acids is 1. The van der Waals surface area contributed by atoms with Crippen molar-refractivity contribution in [2.75, 3.05) is 16.8 Å². The number of anilines is 2. The zero-order valence-corrected chi connectivity index (χ0v) is 15.3. The van der Waals surface area contributed by atoms with E-state index in [0.717, 1.165) is 30.8 Å². The lowest BCUT2D eigenvalue weighted by Gasteiger charge is -2.29. The molecule has 136 valence electrons. The normalized spacial score (nSPS) is 18.1. The molecule has 0 spiro atoms. The molecule has 26 heavy (non-hydrogen) atoms. The number of amides is 1. The zero-order chi connectivity index (χ0) is 17.8. The Hall–Kier alpha value is -2.36. The van der Waals surface area contributed by atoms with Crippen LogP contribution in [0.15, 0.2) is 42.7 Å². The Labute approximate surface area is 155 Å². The molecule has 1 saturated carbocycles. The maximum Gasteiger partial charge on any atom is 0.259 e. The predicted molar refractivity (Wildman–Crippen MR) is 106 cm³/mol. The summed E-state index contributed by atoms with van der Waals surface area (Å²) in [5.41, 5.74) is 3.94. The number of pyridine rings is 1. The van der Waals surface area contributed by atoms with Crippen molar-refractivity contribution in [3.63, 3.8) is 0 Å². The van der Waals surface area contributed by atoms with E-state index in [2.05, 4.69) is 16.4 Å². The van der Waals surface area contributed by atoms with Gasteiger partial charge in [-0.2, -0.15) is 0 Å². The molecule has 1 fully saturated rings. The van der Waals surface area contributed by atoms with Crippen molar-refractivity contribution in [2.45, 2.75) is 57.4 Å². The van der Waals surface area contributed by atoms with Gasteiger partial charge in [0.25, 0.3) is 5.91 Å². The number of nitrogens with one attached hydrogen (secondary N) is 1. The van der Waals surface area contributed by atoms with Crippen LogP contribution in [0.5, 0.6) is 0 Å². The maximum atomic E-state index is 13.1. The summed E-state index contributed by atoms with van der Waals surface area (Å²) < 4.78 is 0. The highest BCUT2D eigenvalue weighted by atomic mass is 16.2. The molecule has 4 heteroatoms. The Kier molecular flexibility index (Phi) is 5.19. The summed E-state index contributed by atoms with van der Waals surface area (Å²) in [6, 6.07) is 10.7. The Bertz CT molecular complexity index is 765. The average molecular weight is 349 g/mol. The second-order valence-electron chi connectivity index (χ2n) is 7.48. The van der Waals surface area contributed by atoms with E-state index in [1.165, 1.54) is 44.1 Å². The van der Waals surface area contributed by atoms with Crippen LogP contribution in [0.1, 0.15) is 60.9 Å².